The summed E-state index contributed by atoms with van der Waals surface area (Å²) in [5, 5.41) is 3.21. The van der Waals surface area contributed by atoms with Crippen molar-refractivity contribution in [3.63, 3.8) is 0 Å². The van der Waals surface area contributed by atoms with Gasteiger partial charge < -0.3 is 19.5 Å². The first-order chi connectivity index (χ1) is 12.2. The molecule has 0 saturated carbocycles. The van der Waals surface area contributed by atoms with Crippen molar-refractivity contribution < 1.29 is 19.0 Å². The lowest BCUT2D eigenvalue weighted by molar-refractivity contribution is 0.0509. The zero-order valence-corrected chi connectivity index (χ0v) is 14.2. The fraction of sp³-hybridized carbons (Fsp3) is 0.263. The molecule has 0 aromatic heterocycles. The zero-order valence-electron chi connectivity index (χ0n) is 14.2. The van der Waals surface area contributed by atoms with Crippen LogP contribution in [0.15, 0.2) is 47.5 Å². The Morgan fingerprint density at radius 1 is 1.16 bits per heavy atom. The van der Waals surface area contributed by atoms with E-state index in [4.69, 9.17) is 14.2 Å². The Hall–Kier alpha value is -3.02. The lowest BCUT2D eigenvalue weighted by Gasteiger charge is -2.11. The third-order valence-electron chi connectivity index (χ3n) is 3.94. The van der Waals surface area contributed by atoms with Crippen LogP contribution in [0.1, 0.15) is 21.5 Å². The third kappa shape index (κ3) is 3.74. The number of aliphatic imine (C=N–C) groups is 1. The summed E-state index contributed by atoms with van der Waals surface area (Å²) < 4.78 is 15.7. The Bertz CT molecular complexity index is 802. The molecule has 0 amide bonds. The van der Waals surface area contributed by atoms with E-state index in [0.29, 0.717) is 30.2 Å². The van der Waals surface area contributed by atoms with Crippen LogP contribution in [-0.4, -0.2) is 39.2 Å². The predicted octanol–water partition coefficient (Wildman–Crippen LogP) is 2.41. The number of esters is 1. The van der Waals surface area contributed by atoms with Crippen molar-refractivity contribution in [3.8, 4) is 11.5 Å². The molecular formula is C19H20N2O4. The minimum atomic E-state index is -0.435. The van der Waals surface area contributed by atoms with E-state index in [1.165, 1.54) is 12.7 Å². The van der Waals surface area contributed by atoms with Crippen LogP contribution in [0.4, 0.5) is 0 Å². The number of nitrogens with zero attached hydrogens (tertiary/aromatic N) is 1. The van der Waals surface area contributed by atoms with Gasteiger partial charge in [0.2, 0.25) is 0 Å². The van der Waals surface area contributed by atoms with Gasteiger partial charge in [0.15, 0.2) is 0 Å². The molecule has 0 unspecified atom stereocenters. The van der Waals surface area contributed by atoms with Crippen molar-refractivity contribution in [1.29, 1.82) is 0 Å². The summed E-state index contributed by atoms with van der Waals surface area (Å²) >= 11 is 0. The number of rotatable bonds is 6. The molecule has 0 saturated heterocycles. The third-order valence-corrected chi connectivity index (χ3v) is 3.94. The molecule has 3 rings (SSSR count). The van der Waals surface area contributed by atoms with Gasteiger partial charge in [0.05, 0.1) is 27.3 Å². The number of benzene rings is 2. The van der Waals surface area contributed by atoms with E-state index in [9.17, 15) is 4.79 Å². The summed E-state index contributed by atoms with van der Waals surface area (Å²) in [6, 6.07) is 13.1. The number of ether oxygens (including phenoxy) is 3. The molecule has 1 N–H and O–H groups in total. The summed E-state index contributed by atoms with van der Waals surface area (Å²) in [4.78, 5) is 16.7. The highest BCUT2D eigenvalue weighted by Crippen LogP contribution is 2.25. The van der Waals surface area contributed by atoms with E-state index in [-0.39, 0.29) is 6.61 Å². The predicted molar refractivity (Wildman–Crippen MR) is 94.5 cm³/mol. The number of methoxy groups -OCH3 is 2. The van der Waals surface area contributed by atoms with Crippen molar-refractivity contribution in [3.05, 3.63) is 59.2 Å². The van der Waals surface area contributed by atoms with Crippen LogP contribution in [0.5, 0.6) is 11.5 Å². The topological polar surface area (TPSA) is 69.2 Å². The summed E-state index contributed by atoms with van der Waals surface area (Å²) in [7, 11) is 3.06. The van der Waals surface area contributed by atoms with Gasteiger partial charge in [0, 0.05) is 11.6 Å². The van der Waals surface area contributed by atoms with E-state index in [1.54, 1.807) is 25.3 Å². The van der Waals surface area contributed by atoms with Crippen molar-refractivity contribution in [2.75, 3.05) is 27.4 Å². The van der Waals surface area contributed by atoms with Gasteiger partial charge in [-0.15, -0.1) is 0 Å². The van der Waals surface area contributed by atoms with Crippen LogP contribution in [0.25, 0.3) is 0 Å². The first-order valence-electron chi connectivity index (χ1n) is 7.98. The highest BCUT2D eigenvalue weighted by molar-refractivity contribution is 6.02. The summed E-state index contributed by atoms with van der Waals surface area (Å²) in [6.07, 6.45) is 0. The Labute approximate surface area is 146 Å². The van der Waals surface area contributed by atoms with E-state index < -0.39 is 5.97 Å². The molecule has 0 aliphatic carbocycles. The molecule has 6 nitrogen and oxygen atoms in total. The second-order valence-electron chi connectivity index (χ2n) is 5.45. The molecule has 25 heavy (non-hydrogen) atoms. The number of hydrogen-bond donors (Lipinski definition) is 1. The molecule has 6 heteroatoms. The average Bonchev–Trinajstić information content (AvgIpc) is 3.07. The molecule has 2 aromatic carbocycles. The average molecular weight is 340 g/mol. The molecule has 0 atom stereocenters. The largest absolute Gasteiger partial charge is 0.497 e. The van der Waals surface area contributed by atoms with Gasteiger partial charge in [-0.25, -0.2) is 4.79 Å². The number of hydrogen-bond acceptors (Lipinski definition) is 6. The number of carbonyl (C=O) groups excluding carboxylic acids is 1. The van der Waals surface area contributed by atoms with Gasteiger partial charge in [-0.1, -0.05) is 24.3 Å². The van der Waals surface area contributed by atoms with Crippen LogP contribution in [0.3, 0.4) is 0 Å². The minimum Gasteiger partial charge on any atom is -0.497 e. The number of carbonyl (C=O) groups is 1. The quantitative estimate of drug-likeness (QED) is 0.646. The molecule has 130 valence electrons. The minimum absolute atomic E-state index is 0.231. The fourth-order valence-electron chi connectivity index (χ4n) is 2.65. The van der Waals surface area contributed by atoms with Gasteiger partial charge in [-0.05, 0) is 17.7 Å². The summed E-state index contributed by atoms with van der Waals surface area (Å²) in [5.41, 5.74) is 2.67. The Morgan fingerprint density at radius 2 is 2.00 bits per heavy atom. The first-order valence-corrected chi connectivity index (χ1v) is 7.98. The normalized spacial score (nSPS) is 12.2. The molecule has 2 aromatic rings. The van der Waals surface area contributed by atoms with E-state index >= 15 is 0 Å². The highest BCUT2D eigenvalue weighted by Gasteiger charge is 2.16. The van der Waals surface area contributed by atoms with Gasteiger partial charge in [0.1, 0.15) is 29.5 Å². The molecule has 1 aliphatic heterocycles. The highest BCUT2D eigenvalue weighted by atomic mass is 16.5. The zero-order chi connectivity index (χ0) is 17.6. The lowest BCUT2D eigenvalue weighted by atomic mass is 10.1. The fourth-order valence-corrected chi connectivity index (χ4v) is 2.65. The summed E-state index contributed by atoms with van der Waals surface area (Å²) in [5.74, 6) is 1.45. The second-order valence-corrected chi connectivity index (χ2v) is 5.45. The molecule has 1 aliphatic rings. The van der Waals surface area contributed by atoms with Gasteiger partial charge in [0.25, 0.3) is 0 Å². The van der Waals surface area contributed by atoms with Crippen LogP contribution < -0.4 is 14.8 Å². The molecule has 0 spiro atoms. The van der Waals surface area contributed by atoms with Gasteiger partial charge in [-0.3, -0.25) is 4.99 Å². The molecule has 0 fully saturated rings. The van der Waals surface area contributed by atoms with Gasteiger partial charge >= 0.3 is 5.97 Å². The number of amidine groups is 1. The lowest BCUT2D eigenvalue weighted by Crippen LogP contribution is -2.28. The van der Waals surface area contributed by atoms with E-state index in [1.807, 2.05) is 18.2 Å². The van der Waals surface area contributed by atoms with Crippen LogP contribution in [0, 0.1) is 0 Å². The number of fused-ring (bicyclic) bond motifs is 1. The Morgan fingerprint density at radius 3 is 2.80 bits per heavy atom. The number of nitrogens with one attached hydrogen (secondary N) is 1. The van der Waals surface area contributed by atoms with Gasteiger partial charge in [-0.2, -0.15) is 0 Å². The Balaban J connectivity index is 1.52. The molecule has 1 heterocycles. The Kier molecular flexibility index (Phi) is 5.18. The van der Waals surface area contributed by atoms with Crippen molar-refractivity contribution in [2.45, 2.75) is 6.54 Å². The smallest absolute Gasteiger partial charge is 0.341 e. The SMILES string of the molecule is COc1ccc(C(=O)OCCNC2=NCc3ccccc32)c(OC)c1. The van der Waals surface area contributed by atoms with Crippen molar-refractivity contribution in [1.82, 2.24) is 5.32 Å². The maximum Gasteiger partial charge on any atom is 0.341 e. The van der Waals surface area contributed by atoms with Crippen molar-refractivity contribution >= 4 is 11.8 Å². The van der Waals surface area contributed by atoms with Crippen molar-refractivity contribution in [2.24, 2.45) is 4.99 Å². The standard InChI is InChI=1S/C19H20N2O4/c1-23-14-7-8-16(17(11-14)24-2)19(22)25-10-9-20-18-15-6-4-3-5-13(15)12-21-18/h3-8,11H,9-10,12H2,1-2H3,(H,20,21). The molecular weight excluding hydrogens is 320 g/mol. The monoisotopic (exact) mass is 340 g/mol. The van der Waals surface area contributed by atoms with E-state index in [0.717, 1.165) is 11.4 Å². The maximum atomic E-state index is 12.2. The second kappa shape index (κ2) is 7.70. The molecule has 0 bridgehead atoms. The molecule has 0 radical (unpaired) electrons. The first kappa shape index (κ1) is 16.8. The van der Waals surface area contributed by atoms with E-state index in [2.05, 4.69) is 16.4 Å². The summed E-state index contributed by atoms with van der Waals surface area (Å²) in [6.45, 7) is 1.40. The van der Waals surface area contributed by atoms with Crippen LogP contribution in [-0.2, 0) is 11.3 Å². The maximum absolute atomic E-state index is 12.2. The van der Waals surface area contributed by atoms with Crippen LogP contribution >= 0.6 is 0 Å². The van der Waals surface area contributed by atoms with Crippen LogP contribution in [0.2, 0.25) is 0 Å².